The molecule has 11 nitrogen and oxygen atoms in total. The smallest absolute Gasteiger partial charge is 0.407 e. The van der Waals surface area contributed by atoms with Crippen LogP contribution in [0.25, 0.3) is 0 Å². The Kier molecular flexibility index (Phi) is 10.2. The number of amides is 1. The van der Waals surface area contributed by atoms with Crippen LogP contribution in [0, 0.1) is 11.8 Å². The number of fused-ring (bicyclic) bond motifs is 1. The summed E-state index contributed by atoms with van der Waals surface area (Å²) >= 11 is 0. The molecule has 3 N–H and O–H groups in total. The third-order valence-electron chi connectivity index (χ3n) is 7.12. The molecule has 0 radical (unpaired) electrons. The zero-order valence-electron chi connectivity index (χ0n) is 23.0. The van der Waals surface area contributed by atoms with Crippen LogP contribution in [-0.4, -0.2) is 91.7 Å². The Morgan fingerprint density at radius 2 is 1.95 bits per heavy atom. The number of aliphatic hydroxyl groups is 1. The average Bonchev–Trinajstić information content (AvgIpc) is 3.53. The molecule has 0 spiro atoms. The molecular formula is C27H38BN3O8S. The number of aliphatic hydroxyl groups excluding tert-OH is 1. The topological polar surface area (TPSA) is 148 Å². The van der Waals surface area contributed by atoms with Gasteiger partial charge in [0.2, 0.25) is 0 Å². The van der Waals surface area contributed by atoms with Crippen molar-refractivity contribution < 1.29 is 37.6 Å². The second kappa shape index (κ2) is 13.4. The molecule has 2 aromatic rings. The van der Waals surface area contributed by atoms with Gasteiger partial charge in [-0.1, -0.05) is 57.1 Å². The van der Waals surface area contributed by atoms with Crippen LogP contribution >= 0.6 is 0 Å². The predicted octanol–water partition coefficient (Wildman–Crippen LogP) is 1.01. The van der Waals surface area contributed by atoms with E-state index in [0.717, 1.165) is 12.0 Å². The summed E-state index contributed by atoms with van der Waals surface area (Å²) in [5.74, 6) is -0.0872. The van der Waals surface area contributed by atoms with Gasteiger partial charge >= 0.3 is 13.0 Å². The maximum Gasteiger partial charge on any atom is 0.407 e. The molecule has 2 fully saturated rings. The standard InChI is InChI=1S/C27H38BN3O8S/c1-18(2)15-31(40(35,36)25-10-9-20(14-29-25)28(3)34)16-23(32)22(13-19-7-5-4-6-8-19)30-27(33)39-24-17-38-26-21(24)11-12-37-26/h4-10,14,18,21-24,26,32,34H,11-13,15-17H2,1-3H3,(H,30,33)/t21-,22-,23+,24-,26+/m0/s1. The van der Waals surface area contributed by atoms with Gasteiger partial charge in [-0.3, -0.25) is 0 Å². The minimum absolute atomic E-state index is 0.0392. The van der Waals surface area contributed by atoms with Crippen molar-refractivity contribution in [2.24, 2.45) is 11.8 Å². The molecule has 0 unspecified atom stereocenters. The lowest BCUT2D eigenvalue weighted by molar-refractivity contribution is -0.0907. The molecule has 0 aliphatic carbocycles. The third-order valence-corrected chi connectivity index (χ3v) is 8.86. The highest BCUT2D eigenvalue weighted by Gasteiger charge is 2.44. The summed E-state index contributed by atoms with van der Waals surface area (Å²) in [7, 11) is -4.09. The van der Waals surface area contributed by atoms with Gasteiger partial charge in [-0.25, -0.2) is 18.2 Å². The normalized spacial score (nSPS) is 22.2. The second-order valence-electron chi connectivity index (χ2n) is 10.8. The van der Waals surface area contributed by atoms with Gasteiger partial charge in [0.05, 0.1) is 31.3 Å². The van der Waals surface area contributed by atoms with E-state index in [1.165, 1.54) is 22.6 Å². The lowest BCUT2D eigenvalue weighted by atomic mass is 9.65. The van der Waals surface area contributed by atoms with Crippen molar-refractivity contribution in [2.75, 3.05) is 26.3 Å². The first-order chi connectivity index (χ1) is 19.0. The minimum atomic E-state index is -4.09. The summed E-state index contributed by atoms with van der Waals surface area (Å²) in [5.41, 5.74) is 1.34. The predicted molar refractivity (Wildman–Crippen MR) is 148 cm³/mol. The highest BCUT2D eigenvalue weighted by atomic mass is 32.2. The lowest BCUT2D eigenvalue weighted by Gasteiger charge is -2.30. The quantitative estimate of drug-likeness (QED) is 0.316. The molecule has 2 aliphatic heterocycles. The van der Waals surface area contributed by atoms with Crippen molar-refractivity contribution in [2.45, 2.75) is 63.1 Å². The number of nitrogens with zero attached hydrogens (tertiary/aromatic N) is 2. The highest BCUT2D eigenvalue weighted by molar-refractivity contribution is 7.89. The summed E-state index contributed by atoms with van der Waals surface area (Å²) in [6.07, 6.45) is -0.506. The van der Waals surface area contributed by atoms with Crippen LogP contribution in [-0.2, 0) is 30.7 Å². The van der Waals surface area contributed by atoms with E-state index in [4.69, 9.17) is 14.2 Å². The number of pyridine rings is 1. The van der Waals surface area contributed by atoms with Crippen LogP contribution in [0.2, 0.25) is 6.82 Å². The maximum absolute atomic E-state index is 13.6. The monoisotopic (exact) mass is 575 g/mol. The second-order valence-corrected chi connectivity index (χ2v) is 12.7. The van der Waals surface area contributed by atoms with Gasteiger partial charge in [-0.15, -0.1) is 0 Å². The van der Waals surface area contributed by atoms with Crippen LogP contribution in [0.1, 0.15) is 25.8 Å². The fourth-order valence-corrected chi connectivity index (χ4v) is 6.49. The summed E-state index contributed by atoms with van der Waals surface area (Å²) in [6, 6.07) is 11.3. The van der Waals surface area contributed by atoms with Crippen LogP contribution < -0.4 is 10.8 Å². The Morgan fingerprint density at radius 3 is 2.60 bits per heavy atom. The van der Waals surface area contributed by atoms with E-state index in [1.54, 1.807) is 6.82 Å². The molecule has 40 heavy (non-hydrogen) atoms. The van der Waals surface area contributed by atoms with Gasteiger partial charge in [-0.2, -0.15) is 4.31 Å². The molecule has 1 aromatic heterocycles. The van der Waals surface area contributed by atoms with Crippen LogP contribution in [0.3, 0.4) is 0 Å². The van der Waals surface area contributed by atoms with Gasteiger partial charge in [-0.05, 0) is 35.9 Å². The number of hydrogen-bond donors (Lipinski definition) is 3. The van der Waals surface area contributed by atoms with E-state index >= 15 is 0 Å². The van der Waals surface area contributed by atoms with Crippen LogP contribution in [0.4, 0.5) is 4.79 Å². The van der Waals surface area contributed by atoms with Crippen molar-refractivity contribution in [3.8, 4) is 0 Å². The Bertz CT molecular complexity index is 1220. The molecule has 2 saturated heterocycles. The number of nitrogens with one attached hydrogen (secondary N) is 1. The molecule has 3 heterocycles. The number of alkyl carbamates (subject to hydrolysis) is 1. The summed E-state index contributed by atoms with van der Waals surface area (Å²) in [4.78, 5) is 17.0. The number of ether oxygens (including phenoxy) is 3. The van der Waals surface area contributed by atoms with Crippen molar-refractivity contribution in [3.05, 3.63) is 54.2 Å². The molecule has 0 bridgehead atoms. The Hall–Kier alpha value is -2.55. The average molecular weight is 575 g/mol. The van der Waals surface area contributed by atoms with Crippen LogP contribution in [0.5, 0.6) is 0 Å². The summed E-state index contributed by atoms with van der Waals surface area (Å²) < 4.78 is 45.0. The first-order valence-corrected chi connectivity index (χ1v) is 15.0. The first-order valence-electron chi connectivity index (χ1n) is 13.6. The largest absolute Gasteiger partial charge is 0.446 e. The molecule has 13 heteroatoms. The van der Waals surface area contributed by atoms with Gasteiger partial charge in [0.25, 0.3) is 10.0 Å². The number of carbonyl (C=O) groups excluding carboxylic acids is 1. The van der Waals surface area contributed by atoms with Crippen molar-refractivity contribution >= 4 is 28.5 Å². The minimum Gasteiger partial charge on any atom is -0.446 e. The zero-order chi connectivity index (χ0) is 28.9. The molecule has 5 atom stereocenters. The van der Waals surface area contributed by atoms with Crippen molar-refractivity contribution in [3.63, 3.8) is 0 Å². The van der Waals surface area contributed by atoms with Crippen LogP contribution in [0.15, 0.2) is 53.7 Å². The number of benzene rings is 1. The fraction of sp³-hybridized carbons (Fsp3) is 0.556. The molecule has 218 valence electrons. The van der Waals surface area contributed by atoms with Crippen molar-refractivity contribution in [1.82, 2.24) is 14.6 Å². The van der Waals surface area contributed by atoms with E-state index in [2.05, 4.69) is 10.3 Å². The van der Waals surface area contributed by atoms with Gasteiger partial charge in [0, 0.05) is 19.3 Å². The van der Waals surface area contributed by atoms with E-state index in [9.17, 15) is 23.3 Å². The Balaban J connectivity index is 1.51. The summed E-state index contributed by atoms with van der Waals surface area (Å²) in [5, 5.41) is 23.7. The molecular weight excluding hydrogens is 537 g/mol. The molecule has 1 aromatic carbocycles. The number of sulfonamides is 1. The van der Waals surface area contributed by atoms with Crippen molar-refractivity contribution in [1.29, 1.82) is 0 Å². The zero-order valence-corrected chi connectivity index (χ0v) is 23.9. The number of carbonyl (C=O) groups is 1. The summed E-state index contributed by atoms with van der Waals surface area (Å²) in [6.45, 7) is 5.16. The Labute approximate surface area is 236 Å². The molecule has 1 amide bonds. The fourth-order valence-electron chi connectivity index (χ4n) is 4.96. The van der Waals surface area contributed by atoms with E-state index in [-0.39, 0.29) is 49.3 Å². The molecule has 4 rings (SSSR count). The highest BCUT2D eigenvalue weighted by Crippen LogP contribution is 2.33. The first kappa shape index (κ1) is 30.4. The maximum atomic E-state index is 13.6. The SMILES string of the molecule is CB(O)c1ccc(S(=O)(=O)N(CC(C)C)C[C@@H](O)[C@H](Cc2ccccc2)NC(=O)O[C@H]2CO[C@H]3OCC[C@H]32)nc1. The van der Waals surface area contributed by atoms with E-state index in [1.807, 2.05) is 44.2 Å². The van der Waals surface area contributed by atoms with Gasteiger partial charge in [0.15, 0.2) is 11.3 Å². The van der Waals surface area contributed by atoms with E-state index < -0.39 is 41.3 Å². The molecule has 0 saturated carbocycles. The molecule has 2 aliphatic rings. The van der Waals surface area contributed by atoms with Gasteiger partial charge < -0.3 is 29.7 Å². The Morgan fingerprint density at radius 1 is 1.20 bits per heavy atom. The van der Waals surface area contributed by atoms with E-state index in [0.29, 0.717) is 12.1 Å². The number of rotatable bonds is 12. The lowest BCUT2D eigenvalue weighted by Crippen LogP contribution is -2.51. The van der Waals surface area contributed by atoms with Gasteiger partial charge in [0.1, 0.15) is 6.10 Å². The number of hydrogen-bond acceptors (Lipinski definition) is 9. The number of aromatic nitrogens is 1. The third kappa shape index (κ3) is 7.59.